The molecule has 59 heavy (non-hydrogen) atoms. The Bertz CT molecular complexity index is 1300. The molecule has 0 spiro atoms. The first-order valence-corrected chi connectivity index (χ1v) is 23.2. The van der Waals surface area contributed by atoms with Gasteiger partial charge < -0.3 is 14.2 Å². The molecule has 6 nitrogen and oxygen atoms in total. The number of unbranched alkanes of at least 4 members (excludes halogenated alkanes) is 15. The number of hydrogen-bond donors (Lipinski definition) is 0. The van der Waals surface area contributed by atoms with Crippen LogP contribution >= 0.6 is 0 Å². The highest BCUT2D eigenvalue weighted by Crippen LogP contribution is 2.13. The fourth-order valence-corrected chi connectivity index (χ4v) is 5.74. The third-order valence-corrected chi connectivity index (χ3v) is 9.16. The SMILES string of the molecule is CC\C=C/C=C\C=C/C=C\CCCCCC(=O)OC(COC(=O)CCCCCCC\C=C/C=C\C=C/CC)COC(=O)CCCCCCCCC\C=C/C=C\C=C/CC. The van der Waals surface area contributed by atoms with Gasteiger partial charge in [0, 0.05) is 19.3 Å². The first-order chi connectivity index (χ1) is 29.0. The van der Waals surface area contributed by atoms with E-state index >= 15 is 0 Å². The van der Waals surface area contributed by atoms with Crippen molar-refractivity contribution in [2.45, 2.75) is 181 Å². The third-order valence-electron chi connectivity index (χ3n) is 9.16. The van der Waals surface area contributed by atoms with Gasteiger partial charge in [-0.25, -0.2) is 0 Å². The smallest absolute Gasteiger partial charge is 0.306 e. The minimum absolute atomic E-state index is 0.112. The van der Waals surface area contributed by atoms with Crippen LogP contribution in [0.15, 0.2) is 122 Å². The monoisotopic (exact) mass is 815 g/mol. The largest absolute Gasteiger partial charge is 0.462 e. The molecule has 0 aliphatic heterocycles. The van der Waals surface area contributed by atoms with E-state index in [4.69, 9.17) is 14.2 Å². The summed E-state index contributed by atoms with van der Waals surface area (Å²) in [6, 6.07) is 0. The van der Waals surface area contributed by atoms with E-state index in [0.29, 0.717) is 19.3 Å². The first-order valence-electron chi connectivity index (χ1n) is 23.2. The highest BCUT2D eigenvalue weighted by Gasteiger charge is 2.19. The Morgan fingerprint density at radius 1 is 0.339 bits per heavy atom. The molecule has 0 saturated heterocycles. The zero-order chi connectivity index (χ0) is 43.0. The van der Waals surface area contributed by atoms with E-state index in [1.807, 2.05) is 42.5 Å². The highest BCUT2D eigenvalue weighted by atomic mass is 16.6. The lowest BCUT2D eigenvalue weighted by Gasteiger charge is -2.18. The molecule has 0 aliphatic rings. The summed E-state index contributed by atoms with van der Waals surface area (Å²) in [5, 5.41) is 0. The second-order valence-corrected chi connectivity index (χ2v) is 14.7. The first kappa shape index (κ1) is 54.8. The molecule has 1 atom stereocenters. The predicted octanol–water partition coefficient (Wildman–Crippen LogP) is 15.0. The molecule has 330 valence electrons. The molecule has 0 heterocycles. The summed E-state index contributed by atoms with van der Waals surface area (Å²) >= 11 is 0. The Balaban J connectivity index is 4.52. The fourth-order valence-electron chi connectivity index (χ4n) is 5.74. The van der Waals surface area contributed by atoms with Gasteiger partial charge in [0.05, 0.1) is 0 Å². The van der Waals surface area contributed by atoms with Crippen molar-refractivity contribution in [2.24, 2.45) is 0 Å². The lowest BCUT2D eigenvalue weighted by Crippen LogP contribution is -2.30. The molecule has 6 heteroatoms. The molecule has 0 aliphatic carbocycles. The summed E-state index contributed by atoms with van der Waals surface area (Å²) in [6.45, 7) is 6.14. The minimum Gasteiger partial charge on any atom is -0.462 e. The van der Waals surface area contributed by atoms with Crippen LogP contribution in [-0.4, -0.2) is 37.2 Å². The van der Waals surface area contributed by atoms with Gasteiger partial charge in [-0.05, 0) is 77.0 Å². The summed E-state index contributed by atoms with van der Waals surface area (Å²) in [4.78, 5) is 37.8. The van der Waals surface area contributed by atoms with Gasteiger partial charge >= 0.3 is 17.9 Å². The molecule has 0 amide bonds. The fraction of sp³-hybridized carbons (Fsp3) is 0.566. The second kappa shape index (κ2) is 46.5. The van der Waals surface area contributed by atoms with Crippen molar-refractivity contribution in [3.63, 3.8) is 0 Å². The number of carbonyl (C=O) groups is 3. The molecule has 0 fully saturated rings. The molecule has 0 saturated carbocycles. The second-order valence-electron chi connectivity index (χ2n) is 14.7. The number of rotatable bonds is 39. The van der Waals surface area contributed by atoms with Crippen molar-refractivity contribution in [3.8, 4) is 0 Å². The van der Waals surface area contributed by atoms with E-state index in [0.717, 1.165) is 103 Å². The molecule has 0 rings (SSSR count). The molecular weight excluding hydrogens is 733 g/mol. The van der Waals surface area contributed by atoms with Crippen LogP contribution in [-0.2, 0) is 28.6 Å². The maximum Gasteiger partial charge on any atom is 0.306 e. The molecule has 0 radical (unpaired) electrons. The van der Waals surface area contributed by atoms with Gasteiger partial charge in [-0.15, -0.1) is 0 Å². The normalized spacial score (nSPS) is 13.2. The summed E-state index contributed by atoms with van der Waals surface area (Å²) in [6.07, 6.45) is 63.2. The minimum atomic E-state index is -0.814. The van der Waals surface area contributed by atoms with Crippen LogP contribution in [0.2, 0.25) is 0 Å². The molecule has 0 aromatic heterocycles. The van der Waals surface area contributed by atoms with Gasteiger partial charge in [-0.1, -0.05) is 200 Å². The van der Waals surface area contributed by atoms with E-state index in [9.17, 15) is 14.4 Å². The summed E-state index contributed by atoms with van der Waals surface area (Å²) in [5.74, 6) is -0.997. The van der Waals surface area contributed by atoms with Gasteiger partial charge in [0.1, 0.15) is 13.2 Å². The van der Waals surface area contributed by atoms with Crippen molar-refractivity contribution >= 4 is 17.9 Å². The van der Waals surface area contributed by atoms with Crippen LogP contribution in [0.5, 0.6) is 0 Å². The molecule has 0 bridgehead atoms. The summed E-state index contributed by atoms with van der Waals surface area (Å²) < 4.78 is 16.7. The van der Waals surface area contributed by atoms with E-state index in [2.05, 4.69) is 99.8 Å². The van der Waals surface area contributed by atoms with E-state index in [1.54, 1.807) is 0 Å². The average molecular weight is 815 g/mol. The van der Waals surface area contributed by atoms with Crippen LogP contribution in [0.25, 0.3) is 0 Å². The number of carbonyl (C=O) groups excluding carboxylic acids is 3. The maximum atomic E-state index is 12.7. The number of allylic oxidation sites excluding steroid dienone is 20. The quantitative estimate of drug-likeness (QED) is 0.0266. The molecular formula is C53H82O6. The van der Waals surface area contributed by atoms with Gasteiger partial charge in [0.2, 0.25) is 0 Å². The molecule has 0 N–H and O–H groups in total. The Hall–Kier alpha value is -4.19. The Kier molecular flexibility index (Phi) is 43.2. The number of esters is 3. The summed E-state index contributed by atoms with van der Waals surface area (Å²) in [7, 11) is 0. The van der Waals surface area contributed by atoms with E-state index < -0.39 is 6.10 Å². The Morgan fingerprint density at radius 3 is 0.966 bits per heavy atom. The number of ether oxygens (including phenoxy) is 3. The van der Waals surface area contributed by atoms with E-state index in [-0.39, 0.29) is 37.5 Å². The lowest BCUT2D eigenvalue weighted by atomic mass is 10.1. The van der Waals surface area contributed by atoms with Crippen LogP contribution in [0, 0.1) is 0 Å². The van der Waals surface area contributed by atoms with Crippen LogP contribution in [0.1, 0.15) is 175 Å². The lowest BCUT2D eigenvalue weighted by molar-refractivity contribution is -0.167. The Morgan fingerprint density at radius 2 is 0.610 bits per heavy atom. The standard InChI is InChI=1S/C53H82O6/c1-4-7-10-13-16-19-22-25-26-29-31-34-37-40-43-46-52(55)58-49-50(59-53(56)47-44-41-38-35-32-28-24-21-18-15-12-9-6-3)48-57-51(54)45-42-39-36-33-30-27-23-20-17-14-11-8-5-2/h7-24,28,32,50H,4-6,25-27,29-31,33-49H2,1-3H3/b10-7-,11-8-,12-9-,16-13-,17-14-,18-15-,22-19-,23-20-,24-21-,32-28-. The maximum absolute atomic E-state index is 12.7. The number of hydrogen-bond acceptors (Lipinski definition) is 6. The van der Waals surface area contributed by atoms with Gasteiger partial charge in [0.15, 0.2) is 6.10 Å². The molecule has 0 aromatic rings. The van der Waals surface area contributed by atoms with Crippen LogP contribution in [0.3, 0.4) is 0 Å². The molecule has 0 aromatic carbocycles. The highest BCUT2D eigenvalue weighted by molar-refractivity contribution is 5.71. The van der Waals surface area contributed by atoms with E-state index in [1.165, 1.54) is 25.7 Å². The predicted molar refractivity (Wildman–Crippen MR) is 251 cm³/mol. The molecule has 1 unspecified atom stereocenters. The van der Waals surface area contributed by atoms with Gasteiger partial charge in [-0.3, -0.25) is 14.4 Å². The zero-order valence-electron chi connectivity index (χ0n) is 37.5. The third kappa shape index (κ3) is 44.8. The van der Waals surface area contributed by atoms with Crippen LogP contribution < -0.4 is 0 Å². The average Bonchev–Trinajstić information content (AvgIpc) is 3.23. The van der Waals surface area contributed by atoms with Gasteiger partial charge in [0.25, 0.3) is 0 Å². The van der Waals surface area contributed by atoms with Crippen molar-refractivity contribution in [3.05, 3.63) is 122 Å². The summed E-state index contributed by atoms with van der Waals surface area (Å²) in [5.41, 5.74) is 0. The van der Waals surface area contributed by atoms with Crippen molar-refractivity contribution < 1.29 is 28.6 Å². The van der Waals surface area contributed by atoms with Crippen LogP contribution in [0.4, 0.5) is 0 Å². The van der Waals surface area contributed by atoms with Crippen molar-refractivity contribution in [1.82, 2.24) is 0 Å². The van der Waals surface area contributed by atoms with Crippen molar-refractivity contribution in [2.75, 3.05) is 13.2 Å². The Labute approximate surface area is 361 Å². The topological polar surface area (TPSA) is 78.9 Å². The van der Waals surface area contributed by atoms with Gasteiger partial charge in [-0.2, -0.15) is 0 Å². The van der Waals surface area contributed by atoms with Crippen molar-refractivity contribution in [1.29, 1.82) is 0 Å². The zero-order valence-corrected chi connectivity index (χ0v) is 37.5.